The summed E-state index contributed by atoms with van der Waals surface area (Å²) >= 11 is 0. The number of aliphatic hydroxyl groups is 11. The molecular formula is C56H99NO18. The molecule has 0 aromatic heterocycles. The van der Waals surface area contributed by atoms with Gasteiger partial charge in [-0.3, -0.25) is 4.79 Å². The lowest BCUT2D eigenvalue weighted by molar-refractivity contribution is -0.379. The molecule has 0 saturated carbocycles. The molecule has 1 amide bonds. The first-order valence-electron chi connectivity index (χ1n) is 28.4. The van der Waals surface area contributed by atoms with Gasteiger partial charge in [-0.15, -0.1) is 0 Å². The van der Waals surface area contributed by atoms with Gasteiger partial charge in [0.25, 0.3) is 0 Å². The van der Waals surface area contributed by atoms with Gasteiger partial charge in [0.2, 0.25) is 5.91 Å². The summed E-state index contributed by atoms with van der Waals surface area (Å²) in [6, 6.07) is -0.987. The van der Waals surface area contributed by atoms with Crippen molar-refractivity contribution in [3.05, 3.63) is 48.6 Å². The average molecular weight is 1070 g/mol. The first-order chi connectivity index (χ1) is 36.3. The number of rotatable bonds is 40. The molecule has 3 heterocycles. The Morgan fingerprint density at radius 3 is 1.44 bits per heavy atom. The van der Waals surface area contributed by atoms with Gasteiger partial charge >= 0.3 is 0 Å². The first-order valence-corrected chi connectivity index (χ1v) is 28.4. The predicted molar refractivity (Wildman–Crippen MR) is 282 cm³/mol. The molecule has 3 aliphatic heterocycles. The second-order valence-corrected chi connectivity index (χ2v) is 20.4. The van der Waals surface area contributed by atoms with Crippen LogP contribution in [0.4, 0.5) is 0 Å². The fourth-order valence-corrected chi connectivity index (χ4v) is 9.44. The fraction of sp³-hybridized carbons (Fsp3) is 0.839. The van der Waals surface area contributed by atoms with Crippen LogP contribution in [0.15, 0.2) is 48.6 Å². The summed E-state index contributed by atoms with van der Waals surface area (Å²) in [7, 11) is 0. The largest absolute Gasteiger partial charge is 0.394 e. The van der Waals surface area contributed by atoms with Crippen LogP contribution in [-0.2, 0) is 33.2 Å². The molecule has 75 heavy (non-hydrogen) atoms. The molecule has 0 radical (unpaired) electrons. The monoisotopic (exact) mass is 1070 g/mol. The lowest BCUT2D eigenvalue weighted by Gasteiger charge is -2.48. The van der Waals surface area contributed by atoms with Crippen LogP contribution in [0.3, 0.4) is 0 Å². The van der Waals surface area contributed by atoms with Crippen LogP contribution in [0.1, 0.15) is 168 Å². The molecule has 0 aromatic carbocycles. The molecule has 17 atom stereocenters. The van der Waals surface area contributed by atoms with Crippen LogP contribution in [0.2, 0.25) is 0 Å². The molecule has 0 spiro atoms. The normalized spacial score (nSPS) is 31.6. The Hall–Kier alpha value is -2.25. The van der Waals surface area contributed by atoms with Crippen LogP contribution < -0.4 is 5.32 Å². The highest BCUT2D eigenvalue weighted by Crippen LogP contribution is 2.33. The number of allylic oxidation sites excluding steroid dienone is 7. The van der Waals surface area contributed by atoms with Crippen molar-refractivity contribution in [1.82, 2.24) is 5.32 Å². The molecule has 19 nitrogen and oxygen atoms in total. The van der Waals surface area contributed by atoms with Gasteiger partial charge in [-0.05, 0) is 51.4 Å². The number of amides is 1. The average Bonchev–Trinajstić information content (AvgIpc) is 3.41. The second kappa shape index (κ2) is 40.0. The van der Waals surface area contributed by atoms with Gasteiger partial charge in [0.1, 0.15) is 73.2 Å². The molecule has 3 rings (SSSR count). The summed E-state index contributed by atoms with van der Waals surface area (Å²) in [5.74, 6) is -0.307. The van der Waals surface area contributed by atoms with Crippen molar-refractivity contribution in [2.75, 3.05) is 26.4 Å². The van der Waals surface area contributed by atoms with E-state index in [1.54, 1.807) is 6.08 Å². The summed E-state index contributed by atoms with van der Waals surface area (Å²) in [4.78, 5) is 13.3. The lowest BCUT2D eigenvalue weighted by atomic mass is 9.96. The number of hydrogen-bond donors (Lipinski definition) is 12. The van der Waals surface area contributed by atoms with Crippen LogP contribution in [-0.4, -0.2) is 193 Å². The second-order valence-electron chi connectivity index (χ2n) is 20.4. The molecule has 19 heteroatoms. The van der Waals surface area contributed by atoms with E-state index < -0.39 is 124 Å². The molecule has 0 aromatic rings. The van der Waals surface area contributed by atoms with E-state index in [0.717, 1.165) is 64.2 Å². The van der Waals surface area contributed by atoms with Crippen molar-refractivity contribution in [3.63, 3.8) is 0 Å². The SMILES string of the molecule is CC/C=C\C/C=C\C/C=C\CCCCCC(=O)NC(COC1OC(CO)C(OC2OC(CO)C(OC3OC(CO)C(O)C(O)C3O)C(O)C2O)C(O)C1O)C(O)/C=C/CCCCCCCCCCCCCCCCC. The number of nitrogens with one attached hydrogen (secondary N) is 1. The van der Waals surface area contributed by atoms with Crippen LogP contribution >= 0.6 is 0 Å². The molecule has 3 fully saturated rings. The summed E-state index contributed by atoms with van der Waals surface area (Å²) in [5, 5.41) is 120. The van der Waals surface area contributed by atoms with Crippen molar-refractivity contribution in [3.8, 4) is 0 Å². The maximum Gasteiger partial charge on any atom is 0.220 e. The van der Waals surface area contributed by atoms with Gasteiger partial charge in [-0.1, -0.05) is 159 Å². The lowest BCUT2D eigenvalue weighted by Crippen LogP contribution is -2.66. The Kier molecular flexibility index (Phi) is 35.8. The zero-order valence-electron chi connectivity index (χ0n) is 45.0. The van der Waals surface area contributed by atoms with Gasteiger partial charge < -0.3 is 89.9 Å². The Morgan fingerprint density at radius 1 is 0.493 bits per heavy atom. The molecule has 0 bridgehead atoms. The predicted octanol–water partition coefficient (Wildman–Crippen LogP) is 3.92. The molecule has 0 aliphatic carbocycles. The number of hydrogen-bond acceptors (Lipinski definition) is 18. The first kappa shape index (κ1) is 67.0. The summed E-state index contributed by atoms with van der Waals surface area (Å²) in [5.41, 5.74) is 0. The number of unbranched alkanes of at least 4 members (excludes halogenated alkanes) is 18. The number of ether oxygens (including phenoxy) is 6. The van der Waals surface area contributed by atoms with Gasteiger partial charge in [0, 0.05) is 6.42 Å². The van der Waals surface area contributed by atoms with Crippen LogP contribution in [0, 0.1) is 0 Å². The van der Waals surface area contributed by atoms with E-state index >= 15 is 0 Å². The highest BCUT2D eigenvalue weighted by atomic mass is 16.8. The maximum absolute atomic E-state index is 13.3. The van der Waals surface area contributed by atoms with Gasteiger partial charge in [-0.25, -0.2) is 0 Å². The third kappa shape index (κ3) is 24.8. The van der Waals surface area contributed by atoms with E-state index in [1.807, 2.05) is 6.08 Å². The zero-order chi connectivity index (χ0) is 54.8. The Labute approximate surface area is 446 Å². The molecule has 3 aliphatic rings. The van der Waals surface area contributed by atoms with E-state index in [4.69, 9.17) is 28.4 Å². The Morgan fingerprint density at radius 2 is 0.920 bits per heavy atom. The Bertz CT molecular complexity index is 1570. The van der Waals surface area contributed by atoms with Gasteiger partial charge in [0.15, 0.2) is 18.9 Å². The van der Waals surface area contributed by atoms with E-state index in [9.17, 15) is 61.0 Å². The molecule has 3 saturated heterocycles. The molecular weight excluding hydrogens is 975 g/mol. The summed E-state index contributed by atoms with van der Waals surface area (Å²) in [6.45, 7) is 1.56. The van der Waals surface area contributed by atoms with Gasteiger partial charge in [-0.2, -0.15) is 0 Å². The smallest absolute Gasteiger partial charge is 0.220 e. The van der Waals surface area contributed by atoms with Crippen LogP contribution in [0.25, 0.3) is 0 Å². The minimum Gasteiger partial charge on any atom is -0.394 e. The number of carbonyl (C=O) groups is 1. The Balaban J connectivity index is 1.54. The maximum atomic E-state index is 13.3. The van der Waals surface area contributed by atoms with Crippen molar-refractivity contribution in [2.24, 2.45) is 0 Å². The van der Waals surface area contributed by atoms with Crippen molar-refractivity contribution >= 4 is 5.91 Å². The number of carbonyl (C=O) groups excluding carboxylic acids is 1. The fourth-order valence-electron chi connectivity index (χ4n) is 9.44. The molecule has 436 valence electrons. The van der Waals surface area contributed by atoms with Crippen LogP contribution in [0.5, 0.6) is 0 Å². The minimum atomic E-state index is -1.98. The van der Waals surface area contributed by atoms with E-state index in [2.05, 4.69) is 55.6 Å². The number of aliphatic hydroxyl groups excluding tert-OH is 11. The van der Waals surface area contributed by atoms with Crippen molar-refractivity contribution in [2.45, 2.75) is 272 Å². The zero-order valence-corrected chi connectivity index (χ0v) is 45.0. The van der Waals surface area contributed by atoms with Crippen molar-refractivity contribution in [1.29, 1.82) is 0 Å². The van der Waals surface area contributed by atoms with Gasteiger partial charge in [0.05, 0.1) is 38.6 Å². The third-order valence-corrected chi connectivity index (χ3v) is 14.1. The van der Waals surface area contributed by atoms with E-state index in [1.165, 1.54) is 77.0 Å². The van der Waals surface area contributed by atoms with Crippen molar-refractivity contribution < 1.29 is 89.4 Å². The summed E-state index contributed by atoms with van der Waals surface area (Å²) in [6.07, 6.45) is 15.3. The van der Waals surface area contributed by atoms with E-state index in [0.29, 0.717) is 6.42 Å². The molecule has 12 N–H and O–H groups in total. The quantitative estimate of drug-likeness (QED) is 0.0306. The highest BCUT2D eigenvalue weighted by molar-refractivity contribution is 5.76. The minimum absolute atomic E-state index is 0.207. The van der Waals surface area contributed by atoms with E-state index in [-0.39, 0.29) is 18.9 Å². The standard InChI is InChI=1S/C56H99NO18/c1-3-5-7-9-11-13-15-17-18-19-20-22-23-25-27-29-31-33-40(61)39(57-44(62)34-32-30-28-26-24-21-16-14-12-10-8-6-4-2)38-70-54-50(68)47(65)52(42(36-59)72-54)75-56-51(69)48(66)53(43(37-60)73-56)74-55-49(67)46(64)45(63)41(35-58)71-55/h6,8,12,14,21,24,31,33,39-43,45-56,58-61,63-69H,3-5,7,9-11,13,15-20,22-23,25-30,32,34-38H2,1-2H3,(H,57,62)/b8-6-,14-12-,24-21-,33-31+. The third-order valence-electron chi connectivity index (χ3n) is 14.1. The summed E-state index contributed by atoms with van der Waals surface area (Å²) < 4.78 is 34.2. The molecule has 17 unspecified atom stereocenters. The topological polar surface area (TPSA) is 307 Å². The highest BCUT2D eigenvalue weighted by Gasteiger charge is 2.53.